The second kappa shape index (κ2) is 7.91. The van der Waals surface area contributed by atoms with Gasteiger partial charge in [0.05, 0.1) is 28.6 Å². The fraction of sp³-hybridized carbons (Fsp3) is 0.294. The number of ether oxygens (including phenoxy) is 2. The Labute approximate surface area is 161 Å². The van der Waals surface area contributed by atoms with Crippen molar-refractivity contribution in [3.63, 3.8) is 0 Å². The van der Waals surface area contributed by atoms with E-state index in [1.54, 1.807) is 12.1 Å². The Hall–Kier alpha value is -3.41. The number of nitro groups is 2. The molecular weight excluding hydrogens is 399 g/mol. The van der Waals surface area contributed by atoms with Crippen LogP contribution in [0.4, 0.5) is 30.2 Å². The highest BCUT2D eigenvalue weighted by Crippen LogP contribution is 2.44. The second-order valence-electron chi connectivity index (χ2n) is 6.05. The van der Waals surface area contributed by atoms with Crippen LogP contribution in [0, 0.1) is 20.2 Å². The molecule has 0 N–H and O–H groups in total. The first-order chi connectivity index (χ1) is 13.7. The minimum absolute atomic E-state index is 0.0138. The van der Waals surface area contributed by atoms with Crippen molar-refractivity contribution in [2.45, 2.75) is 6.18 Å². The van der Waals surface area contributed by atoms with E-state index in [-0.39, 0.29) is 17.9 Å². The lowest BCUT2D eigenvalue weighted by molar-refractivity contribution is -0.396. The Bertz CT molecular complexity index is 909. The van der Waals surface area contributed by atoms with Crippen LogP contribution < -0.4 is 9.64 Å². The fourth-order valence-corrected chi connectivity index (χ4v) is 2.82. The first-order valence-electron chi connectivity index (χ1n) is 8.31. The minimum atomic E-state index is -5.00. The summed E-state index contributed by atoms with van der Waals surface area (Å²) in [4.78, 5) is 22.2. The molecule has 0 aromatic heterocycles. The van der Waals surface area contributed by atoms with Gasteiger partial charge in [-0.1, -0.05) is 6.07 Å². The van der Waals surface area contributed by atoms with E-state index >= 15 is 0 Å². The van der Waals surface area contributed by atoms with Crippen molar-refractivity contribution in [3.05, 3.63) is 62.2 Å². The number of benzene rings is 2. The first kappa shape index (κ1) is 20.3. The SMILES string of the molecule is O=[N+]([O-])c1cc(C(F)(F)F)cc([N+](=O)[O-])c1Oc1cccc(N2CCOCC2)c1. The molecule has 154 valence electrons. The maximum absolute atomic E-state index is 13.0. The monoisotopic (exact) mass is 413 g/mol. The predicted molar refractivity (Wildman–Crippen MR) is 94.3 cm³/mol. The number of hydrogen-bond acceptors (Lipinski definition) is 7. The van der Waals surface area contributed by atoms with Crippen molar-refractivity contribution >= 4 is 17.1 Å². The molecule has 0 atom stereocenters. The Morgan fingerprint density at radius 1 is 1.00 bits per heavy atom. The summed E-state index contributed by atoms with van der Waals surface area (Å²) in [7, 11) is 0. The number of morpholine rings is 1. The lowest BCUT2D eigenvalue weighted by atomic mass is 10.1. The van der Waals surface area contributed by atoms with Gasteiger partial charge in [0.1, 0.15) is 5.75 Å². The van der Waals surface area contributed by atoms with E-state index in [0.29, 0.717) is 32.0 Å². The third-order valence-electron chi connectivity index (χ3n) is 4.18. The highest BCUT2D eigenvalue weighted by molar-refractivity contribution is 5.64. The van der Waals surface area contributed by atoms with Crippen LogP contribution in [0.15, 0.2) is 36.4 Å². The predicted octanol–water partition coefficient (Wildman–Crippen LogP) is 4.15. The van der Waals surface area contributed by atoms with E-state index in [4.69, 9.17) is 9.47 Å². The average molecular weight is 413 g/mol. The third-order valence-corrected chi connectivity index (χ3v) is 4.18. The van der Waals surface area contributed by atoms with Crippen LogP contribution in [-0.4, -0.2) is 36.1 Å². The highest BCUT2D eigenvalue weighted by atomic mass is 19.4. The lowest BCUT2D eigenvalue weighted by Crippen LogP contribution is -2.36. The average Bonchev–Trinajstić information content (AvgIpc) is 2.67. The van der Waals surface area contributed by atoms with Crippen molar-refractivity contribution in [2.24, 2.45) is 0 Å². The third kappa shape index (κ3) is 4.54. The van der Waals surface area contributed by atoms with Gasteiger partial charge < -0.3 is 14.4 Å². The molecule has 1 aliphatic rings. The van der Waals surface area contributed by atoms with Crippen molar-refractivity contribution in [1.82, 2.24) is 0 Å². The molecule has 0 bridgehead atoms. The molecule has 0 saturated carbocycles. The zero-order valence-electron chi connectivity index (χ0n) is 14.7. The lowest BCUT2D eigenvalue weighted by Gasteiger charge is -2.29. The molecule has 2 aromatic carbocycles. The zero-order valence-corrected chi connectivity index (χ0v) is 14.7. The van der Waals surface area contributed by atoms with Gasteiger partial charge in [-0.15, -0.1) is 0 Å². The van der Waals surface area contributed by atoms with Gasteiger partial charge in [-0.2, -0.15) is 13.2 Å². The summed E-state index contributed by atoms with van der Waals surface area (Å²) in [5, 5.41) is 22.6. The second-order valence-corrected chi connectivity index (χ2v) is 6.05. The van der Waals surface area contributed by atoms with Crippen molar-refractivity contribution in [2.75, 3.05) is 31.2 Å². The number of rotatable bonds is 5. The van der Waals surface area contributed by atoms with Crippen LogP contribution in [-0.2, 0) is 10.9 Å². The molecule has 0 amide bonds. The van der Waals surface area contributed by atoms with Gasteiger partial charge in [-0.25, -0.2) is 0 Å². The summed E-state index contributed by atoms with van der Waals surface area (Å²) in [6, 6.07) is 6.64. The van der Waals surface area contributed by atoms with E-state index in [0.717, 1.165) is 0 Å². The van der Waals surface area contributed by atoms with Crippen molar-refractivity contribution in [3.8, 4) is 11.5 Å². The summed E-state index contributed by atoms with van der Waals surface area (Å²) in [6.45, 7) is 2.18. The van der Waals surface area contributed by atoms with Gasteiger partial charge in [0.25, 0.3) is 5.75 Å². The van der Waals surface area contributed by atoms with Gasteiger partial charge in [-0.05, 0) is 12.1 Å². The normalized spacial score (nSPS) is 14.5. The van der Waals surface area contributed by atoms with E-state index < -0.39 is 38.7 Å². The van der Waals surface area contributed by atoms with Crippen LogP contribution in [0.5, 0.6) is 11.5 Å². The Kier molecular flexibility index (Phi) is 5.55. The maximum atomic E-state index is 13.0. The Balaban J connectivity index is 2.04. The van der Waals surface area contributed by atoms with Crippen LogP contribution in [0.1, 0.15) is 5.56 Å². The molecule has 1 fully saturated rings. The first-order valence-corrected chi connectivity index (χ1v) is 8.31. The van der Waals surface area contributed by atoms with Gasteiger partial charge in [0, 0.05) is 37.0 Å². The van der Waals surface area contributed by atoms with Gasteiger partial charge in [-0.3, -0.25) is 20.2 Å². The number of nitrogens with zero attached hydrogens (tertiary/aromatic N) is 3. The molecule has 2 aromatic rings. The molecule has 0 radical (unpaired) electrons. The summed E-state index contributed by atoms with van der Waals surface area (Å²) in [6.07, 6.45) is -5.00. The summed E-state index contributed by atoms with van der Waals surface area (Å²) in [5.74, 6) is -0.855. The molecule has 1 aliphatic heterocycles. The van der Waals surface area contributed by atoms with Crippen LogP contribution >= 0.6 is 0 Å². The molecule has 1 heterocycles. The summed E-state index contributed by atoms with van der Waals surface area (Å²) in [5.41, 5.74) is -3.13. The minimum Gasteiger partial charge on any atom is -0.444 e. The zero-order chi connectivity index (χ0) is 21.2. The maximum Gasteiger partial charge on any atom is 0.416 e. The standard InChI is InChI=1S/C17H14F3N3O6/c18-17(19,20)11-8-14(22(24)25)16(15(9-11)23(26)27)29-13-3-1-2-12(10-13)21-4-6-28-7-5-21/h1-3,8-10H,4-7H2. The van der Waals surface area contributed by atoms with Gasteiger partial charge >= 0.3 is 17.6 Å². The van der Waals surface area contributed by atoms with Crippen LogP contribution in [0.2, 0.25) is 0 Å². The van der Waals surface area contributed by atoms with Gasteiger partial charge in [0.15, 0.2) is 0 Å². The largest absolute Gasteiger partial charge is 0.444 e. The molecule has 0 spiro atoms. The van der Waals surface area contributed by atoms with Crippen molar-refractivity contribution < 1.29 is 32.5 Å². The smallest absolute Gasteiger partial charge is 0.416 e. The molecule has 12 heteroatoms. The Morgan fingerprint density at radius 3 is 2.10 bits per heavy atom. The molecular formula is C17H14F3N3O6. The number of halogens is 3. The highest BCUT2D eigenvalue weighted by Gasteiger charge is 2.38. The van der Waals surface area contributed by atoms with Crippen LogP contribution in [0.25, 0.3) is 0 Å². The number of nitro benzene ring substituents is 2. The van der Waals surface area contributed by atoms with Crippen molar-refractivity contribution in [1.29, 1.82) is 0 Å². The number of alkyl halides is 3. The molecule has 1 saturated heterocycles. The van der Waals surface area contributed by atoms with Crippen LogP contribution in [0.3, 0.4) is 0 Å². The molecule has 29 heavy (non-hydrogen) atoms. The van der Waals surface area contributed by atoms with E-state index in [9.17, 15) is 33.4 Å². The Morgan fingerprint density at radius 2 is 1.59 bits per heavy atom. The van der Waals surface area contributed by atoms with E-state index in [1.807, 2.05) is 4.90 Å². The summed E-state index contributed by atoms with van der Waals surface area (Å²) < 4.78 is 49.6. The topological polar surface area (TPSA) is 108 Å². The number of hydrogen-bond donors (Lipinski definition) is 0. The molecule has 3 rings (SSSR count). The fourth-order valence-electron chi connectivity index (χ4n) is 2.82. The molecule has 0 aliphatic carbocycles. The van der Waals surface area contributed by atoms with E-state index in [1.165, 1.54) is 12.1 Å². The quantitative estimate of drug-likeness (QED) is 0.535. The summed E-state index contributed by atoms with van der Waals surface area (Å²) >= 11 is 0. The van der Waals surface area contributed by atoms with E-state index in [2.05, 4.69) is 0 Å². The molecule has 9 nitrogen and oxygen atoms in total. The number of anilines is 1. The van der Waals surface area contributed by atoms with Gasteiger partial charge in [0.2, 0.25) is 0 Å². The molecule has 0 unspecified atom stereocenters.